The largest absolute Gasteiger partial charge is 0.504 e. The van der Waals surface area contributed by atoms with E-state index in [0.29, 0.717) is 5.46 Å². The average Bonchev–Trinajstić information content (AvgIpc) is 2.56. The van der Waals surface area contributed by atoms with Crippen molar-refractivity contribution in [2.75, 3.05) is 0 Å². The maximum Gasteiger partial charge on any atom is 0.496 e. The van der Waals surface area contributed by atoms with E-state index in [4.69, 9.17) is 14.6 Å². The molecule has 0 atom stereocenters. The molecule has 1 aliphatic rings. The molecule has 0 aromatic heterocycles. The molecule has 4 nitrogen and oxygen atoms in total. The smallest absolute Gasteiger partial charge is 0.496 e. The monoisotopic (exact) mass is 341 g/mol. The van der Waals surface area contributed by atoms with Gasteiger partial charge in [-0.25, -0.2) is 4.39 Å². The first-order valence-corrected chi connectivity index (χ1v) is 6.86. The molecular weight excluding hydrogens is 328 g/mol. The van der Waals surface area contributed by atoms with Gasteiger partial charge in [0.2, 0.25) is 0 Å². The van der Waals surface area contributed by atoms with E-state index in [1.54, 1.807) is 6.07 Å². The molecular formula is C13H14BBrFNO3. The lowest BCUT2D eigenvalue weighted by Gasteiger charge is -2.32. The van der Waals surface area contributed by atoms with Gasteiger partial charge >= 0.3 is 7.12 Å². The van der Waals surface area contributed by atoms with Crippen LogP contribution in [0, 0.1) is 17.1 Å². The summed E-state index contributed by atoms with van der Waals surface area (Å²) in [5, 5.41) is 18.6. The van der Waals surface area contributed by atoms with Gasteiger partial charge in [0, 0.05) is 5.46 Å². The standard InChI is InChI=1S/C13H14BBrFNO3/c1-12(2)13(3,4)20-14(19-12)8-5-7(6-17)10(16)11(18)9(8)15/h5,18H,1-4H3. The van der Waals surface area contributed by atoms with Gasteiger partial charge in [-0.1, -0.05) is 0 Å². The van der Waals surface area contributed by atoms with Gasteiger partial charge < -0.3 is 14.4 Å². The van der Waals surface area contributed by atoms with Crippen LogP contribution in [0.4, 0.5) is 4.39 Å². The van der Waals surface area contributed by atoms with Crippen molar-refractivity contribution in [3.05, 3.63) is 21.9 Å². The van der Waals surface area contributed by atoms with E-state index in [-0.39, 0.29) is 10.0 Å². The average molecular weight is 342 g/mol. The van der Waals surface area contributed by atoms with Crippen LogP contribution < -0.4 is 5.46 Å². The van der Waals surface area contributed by atoms with Crippen LogP contribution in [0.1, 0.15) is 33.3 Å². The van der Waals surface area contributed by atoms with Gasteiger partial charge in [-0.05, 0) is 49.7 Å². The minimum Gasteiger partial charge on any atom is -0.504 e. The molecule has 0 amide bonds. The second-order valence-electron chi connectivity index (χ2n) is 5.69. The topological polar surface area (TPSA) is 62.5 Å². The Morgan fingerprint density at radius 3 is 2.25 bits per heavy atom. The lowest BCUT2D eigenvalue weighted by Crippen LogP contribution is -2.41. The van der Waals surface area contributed by atoms with Crippen molar-refractivity contribution in [1.82, 2.24) is 0 Å². The highest BCUT2D eigenvalue weighted by molar-refractivity contribution is 9.10. The van der Waals surface area contributed by atoms with Crippen molar-refractivity contribution in [3.63, 3.8) is 0 Å². The first-order valence-electron chi connectivity index (χ1n) is 6.07. The summed E-state index contributed by atoms with van der Waals surface area (Å²) in [6.07, 6.45) is 0. The van der Waals surface area contributed by atoms with Crippen molar-refractivity contribution in [2.24, 2.45) is 0 Å². The number of nitriles is 1. The molecule has 7 heteroatoms. The molecule has 1 N–H and O–H groups in total. The van der Waals surface area contributed by atoms with Crippen LogP contribution in [0.2, 0.25) is 0 Å². The molecule has 106 valence electrons. The summed E-state index contributed by atoms with van der Waals surface area (Å²) in [5.41, 5.74) is -0.989. The van der Waals surface area contributed by atoms with Crippen molar-refractivity contribution >= 4 is 28.5 Å². The first-order chi connectivity index (χ1) is 9.10. The van der Waals surface area contributed by atoms with Crippen molar-refractivity contribution in [1.29, 1.82) is 5.26 Å². The van der Waals surface area contributed by atoms with Crippen molar-refractivity contribution < 1.29 is 18.8 Å². The van der Waals surface area contributed by atoms with Gasteiger partial charge in [-0.3, -0.25) is 0 Å². The van der Waals surface area contributed by atoms with E-state index in [2.05, 4.69) is 15.9 Å². The minimum atomic E-state index is -0.959. The Hall–Kier alpha value is -1.10. The summed E-state index contributed by atoms with van der Waals surface area (Å²) in [6, 6.07) is 3.02. The molecule has 0 radical (unpaired) electrons. The number of halogens is 2. The predicted octanol–water partition coefficient (Wildman–Crippen LogP) is 2.46. The quantitative estimate of drug-likeness (QED) is 0.797. The summed E-state index contributed by atoms with van der Waals surface area (Å²) >= 11 is 3.12. The fourth-order valence-corrected chi connectivity index (χ4v) is 2.34. The van der Waals surface area contributed by atoms with Crippen LogP contribution >= 0.6 is 15.9 Å². The van der Waals surface area contributed by atoms with Crippen LogP contribution in [0.5, 0.6) is 5.75 Å². The Kier molecular flexibility index (Phi) is 3.61. The van der Waals surface area contributed by atoms with E-state index in [9.17, 15) is 9.50 Å². The van der Waals surface area contributed by atoms with Gasteiger partial charge in [0.1, 0.15) is 6.07 Å². The van der Waals surface area contributed by atoms with Crippen LogP contribution in [-0.2, 0) is 9.31 Å². The fraction of sp³-hybridized carbons (Fsp3) is 0.462. The Morgan fingerprint density at radius 1 is 1.30 bits per heavy atom. The Balaban J connectivity index is 2.51. The van der Waals surface area contributed by atoms with Gasteiger partial charge in [-0.15, -0.1) is 0 Å². The van der Waals surface area contributed by atoms with Gasteiger partial charge in [0.15, 0.2) is 11.6 Å². The highest BCUT2D eigenvalue weighted by Gasteiger charge is 2.52. The van der Waals surface area contributed by atoms with Gasteiger partial charge in [-0.2, -0.15) is 5.26 Å². The maximum atomic E-state index is 13.6. The molecule has 1 saturated heterocycles. The highest BCUT2D eigenvalue weighted by Crippen LogP contribution is 2.38. The van der Waals surface area contributed by atoms with E-state index in [0.717, 1.165) is 0 Å². The number of nitrogens with zero attached hydrogens (tertiary/aromatic N) is 1. The molecule has 1 aliphatic heterocycles. The van der Waals surface area contributed by atoms with Crippen LogP contribution in [0.3, 0.4) is 0 Å². The summed E-state index contributed by atoms with van der Waals surface area (Å²) in [6.45, 7) is 7.54. The normalized spacial score (nSPS) is 19.9. The third-order valence-electron chi connectivity index (χ3n) is 3.83. The zero-order chi connectivity index (χ0) is 15.3. The van der Waals surface area contributed by atoms with E-state index >= 15 is 0 Å². The van der Waals surface area contributed by atoms with Gasteiger partial charge in [0.05, 0.1) is 21.2 Å². The molecule has 20 heavy (non-hydrogen) atoms. The second-order valence-corrected chi connectivity index (χ2v) is 6.48. The molecule has 0 spiro atoms. The molecule has 1 aromatic carbocycles. The van der Waals surface area contributed by atoms with E-state index < -0.39 is 29.9 Å². The minimum absolute atomic E-state index is 0.132. The van der Waals surface area contributed by atoms with E-state index in [1.807, 2.05) is 27.7 Å². The summed E-state index contributed by atoms with van der Waals surface area (Å²) < 4.78 is 25.4. The molecule has 0 bridgehead atoms. The number of rotatable bonds is 1. The predicted molar refractivity (Wildman–Crippen MR) is 76.2 cm³/mol. The highest BCUT2D eigenvalue weighted by atomic mass is 79.9. The number of benzene rings is 1. The number of hydrogen-bond acceptors (Lipinski definition) is 4. The number of aromatic hydroxyl groups is 1. The third kappa shape index (κ3) is 2.22. The zero-order valence-electron chi connectivity index (χ0n) is 11.6. The van der Waals surface area contributed by atoms with Gasteiger partial charge in [0.25, 0.3) is 0 Å². The molecule has 0 saturated carbocycles. The molecule has 2 rings (SSSR count). The SMILES string of the molecule is CC1(C)OB(c2cc(C#N)c(F)c(O)c2Br)OC1(C)C. The number of hydrogen-bond donors (Lipinski definition) is 1. The Labute approximate surface area is 125 Å². The van der Waals surface area contributed by atoms with Crippen LogP contribution in [0.15, 0.2) is 10.5 Å². The Morgan fingerprint density at radius 2 is 1.80 bits per heavy atom. The van der Waals surface area contributed by atoms with Crippen LogP contribution in [-0.4, -0.2) is 23.4 Å². The fourth-order valence-electron chi connectivity index (χ4n) is 1.87. The number of phenolic OH excluding ortho intramolecular Hbond substituents is 1. The third-order valence-corrected chi connectivity index (χ3v) is 4.67. The van der Waals surface area contributed by atoms with Crippen molar-refractivity contribution in [2.45, 2.75) is 38.9 Å². The lowest BCUT2D eigenvalue weighted by molar-refractivity contribution is 0.00578. The lowest BCUT2D eigenvalue weighted by atomic mass is 9.78. The van der Waals surface area contributed by atoms with E-state index in [1.165, 1.54) is 6.07 Å². The molecule has 0 unspecified atom stereocenters. The molecule has 0 aliphatic carbocycles. The van der Waals surface area contributed by atoms with Crippen LogP contribution in [0.25, 0.3) is 0 Å². The first kappa shape index (κ1) is 15.3. The Bertz CT molecular complexity index is 597. The molecule has 1 aromatic rings. The summed E-state index contributed by atoms with van der Waals surface area (Å²) in [4.78, 5) is 0. The summed E-state index contributed by atoms with van der Waals surface area (Å²) in [7, 11) is -0.784. The maximum absolute atomic E-state index is 13.6. The zero-order valence-corrected chi connectivity index (χ0v) is 13.2. The summed E-state index contributed by atoms with van der Waals surface area (Å²) in [5.74, 6) is -1.58. The van der Waals surface area contributed by atoms with Crippen molar-refractivity contribution in [3.8, 4) is 11.8 Å². The molecule has 1 heterocycles. The second kappa shape index (κ2) is 4.73. The number of phenols is 1. The molecule has 1 fully saturated rings.